The molecule has 1 heterocycles. The highest BCUT2D eigenvalue weighted by molar-refractivity contribution is 5.57. The Morgan fingerprint density at radius 2 is 1.75 bits per heavy atom. The van der Waals surface area contributed by atoms with E-state index >= 15 is 0 Å². The van der Waals surface area contributed by atoms with Crippen LogP contribution in [0.5, 0.6) is 0 Å². The quantitative estimate of drug-likeness (QED) is 0.847. The van der Waals surface area contributed by atoms with E-state index in [1.807, 2.05) is 19.2 Å². The molecule has 1 unspecified atom stereocenters. The predicted octanol–water partition coefficient (Wildman–Crippen LogP) is 3.54. The Hall–Kier alpha value is -1.54. The topological polar surface area (TPSA) is 25.2 Å². The van der Waals surface area contributed by atoms with Gasteiger partial charge in [-0.2, -0.15) is 0 Å². The highest BCUT2D eigenvalue weighted by Gasteiger charge is 2.09. The van der Waals surface area contributed by atoms with Crippen molar-refractivity contribution < 1.29 is 4.42 Å². The summed E-state index contributed by atoms with van der Waals surface area (Å²) in [5.41, 5.74) is 2.39. The molecule has 0 aliphatic heterocycles. The van der Waals surface area contributed by atoms with Gasteiger partial charge in [-0.15, -0.1) is 0 Å². The molecule has 2 rings (SSSR count). The zero-order valence-corrected chi connectivity index (χ0v) is 9.95. The molecule has 1 atom stereocenters. The van der Waals surface area contributed by atoms with Crippen LogP contribution in [-0.2, 0) is 0 Å². The van der Waals surface area contributed by atoms with E-state index in [-0.39, 0.29) is 6.04 Å². The fraction of sp³-hybridized carbons (Fsp3) is 0.286. The lowest BCUT2D eigenvalue weighted by Crippen LogP contribution is -2.10. The van der Waals surface area contributed by atoms with Crippen LogP contribution in [0.25, 0.3) is 11.3 Å². The van der Waals surface area contributed by atoms with Crippen molar-refractivity contribution in [2.24, 2.45) is 0 Å². The summed E-state index contributed by atoms with van der Waals surface area (Å²) in [6, 6.07) is 12.7. The van der Waals surface area contributed by atoms with Crippen molar-refractivity contribution in [2.75, 3.05) is 7.05 Å². The number of hydrogen-bond donors (Lipinski definition) is 1. The van der Waals surface area contributed by atoms with E-state index in [2.05, 4.69) is 43.4 Å². The Labute approximate surface area is 96.3 Å². The van der Waals surface area contributed by atoms with E-state index in [0.717, 1.165) is 17.1 Å². The molecule has 0 spiro atoms. The summed E-state index contributed by atoms with van der Waals surface area (Å²) in [4.78, 5) is 0. The Bertz CT molecular complexity index is 456. The third-order valence-corrected chi connectivity index (χ3v) is 2.82. The van der Waals surface area contributed by atoms with Crippen LogP contribution in [0.1, 0.15) is 24.3 Å². The Morgan fingerprint density at radius 3 is 2.38 bits per heavy atom. The molecule has 1 aromatic carbocycles. The largest absolute Gasteiger partial charge is 0.459 e. The Kier molecular flexibility index (Phi) is 3.11. The molecular formula is C14H17NO. The maximum atomic E-state index is 5.80. The third-order valence-electron chi connectivity index (χ3n) is 2.82. The molecule has 16 heavy (non-hydrogen) atoms. The second-order valence-corrected chi connectivity index (χ2v) is 4.08. The molecule has 84 valence electrons. The maximum absolute atomic E-state index is 5.80. The van der Waals surface area contributed by atoms with Crippen LogP contribution in [0.4, 0.5) is 0 Å². The minimum absolute atomic E-state index is 0.249. The molecule has 2 aromatic rings. The summed E-state index contributed by atoms with van der Waals surface area (Å²) in [7, 11) is 1.93. The van der Waals surface area contributed by atoms with Crippen LogP contribution in [0.3, 0.4) is 0 Å². The van der Waals surface area contributed by atoms with Crippen molar-refractivity contribution in [1.82, 2.24) is 5.32 Å². The van der Waals surface area contributed by atoms with Crippen molar-refractivity contribution in [1.29, 1.82) is 0 Å². The smallest absolute Gasteiger partial charge is 0.134 e. The minimum Gasteiger partial charge on any atom is -0.459 e. The summed E-state index contributed by atoms with van der Waals surface area (Å²) >= 11 is 0. The standard InChI is InChI=1S/C14H17NO/c1-10-4-6-12(7-5-10)14-9-8-13(16-14)11(2)15-3/h4-9,11,15H,1-3H3. The normalized spacial score (nSPS) is 12.7. The molecule has 1 N–H and O–H groups in total. The molecule has 0 amide bonds. The van der Waals surface area contributed by atoms with E-state index < -0.39 is 0 Å². The molecule has 1 aromatic heterocycles. The van der Waals surface area contributed by atoms with Gasteiger partial charge in [-0.05, 0) is 33.0 Å². The van der Waals surface area contributed by atoms with Gasteiger partial charge >= 0.3 is 0 Å². The highest BCUT2D eigenvalue weighted by Crippen LogP contribution is 2.25. The first-order chi connectivity index (χ1) is 7.70. The lowest BCUT2D eigenvalue weighted by atomic mass is 10.1. The lowest BCUT2D eigenvalue weighted by Gasteiger charge is -2.05. The second-order valence-electron chi connectivity index (χ2n) is 4.08. The summed E-state index contributed by atoms with van der Waals surface area (Å²) in [6.45, 7) is 4.16. The molecule has 0 fully saturated rings. The number of aryl methyl sites for hydroxylation is 1. The van der Waals surface area contributed by atoms with Crippen LogP contribution < -0.4 is 5.32 Å². The molecule has 0 saturated carbocycles. The van der Waals surface area contributed by atoms with Crippen LogP contribution >= 0.6 is 0 Å². The molecule has 2 heteroatoms. The first-order valence-corrected chi connectivity index (χ1v) is 5.54. The van der Waals surface area contributed by atoms with E-state index in [4.69, 9.17) is 4.42 Å². The Morgan fingerprint density at radius 1 is 1.06 bits per heavy atom. The summed E-state index contributed by atoms with van der Waals surface area (Å²) in [5.74, 6) is 1.90. The third kappa shape index (κ3) is 2.17. The van der Waals surface area contributed by atoms with Gasteiger partial charge in [0.2, 0.25) is 0 Å². The van der Waals surface area contributed by atoms with E-state index in [1.54, 1.807) is 0 Å². The van der Waals surface area contributed by atoms with Crippen LogP contribution in [0, 0.1) is 6.92 Å². The van der Waals surface area contributed by atoms with Crippen LogP contribution in [0.15, 0.2) is 40.8 Å². The molecule has 2 nitrogen and oxygen atoms in total. The summed E-state index contributed by atoms with van der Waals surface area (Å²) in [6.07, 6.45) is 0. The van der Waals surface area contributed by atoms with Crippen LogP contribution in [0.2, 0.25) is 0 Å². The van der Waals surface area contributed by atoms with Gasteiger partial charge in [0.25, 0.3) is 0 Å². The van der Waals surface area contributed by atoms with Gasteiger partial charge < -0.3 is 9.73 Å². The van der Waals surface area contributed by atoms with Gasteiger partial charge in [-0.3, -0.25) is 0 Å². The van der Waals surface area contributed by atoms with Gasteiger partial charge in [-0.1, -0.05) is 29.8 Å². The zero-order chi connectivity index (χ0) is 11.5. The molecular weight excluding hydrogens is 198 g/mol. The molecule has 0 aliphatic carbocycles. The van der Waals surface area contributed by atoms with E-state index in [9.17, 15) is 0 Å². The molecule has 0 saturated heterocycles. The van der Waals surface area contributed by atoms with Gasteiger partial charge in [0, 0.05) is 5.56 Å². The molecule has 0 aliphatic rings. The van der Waals surface area contributed by atoms with Crippen molar-refractivity contribution >= 4 is 0 Å². The summed E-state index contributed by atoms with van der Waals surface area (Å²) in [5, 5.41) is 3.16. The van der Waals surface area contributed by atoms with Crippen LogP contribution in [-0.4, -0.2) is 7.05 Å². The number of hydrogen-bond acceptors (Lipinski definition) is 2. The fourth-order valence-corrected chi connectivity index (χ4v) is 1.60. The van der Waals surface area contributed by atoms with Gasteiger partial charge in [0.15, 0.2) is 0 Å². The van der Waals surface area contributed by atoms with Crippen molar-refractivity contribution in [3.63, 3.8) is 0 Å². The SMILES string of the molecule is CNC(C)c1ccc(-c2ccc(C)cc2)o1. The van der Waals surface area contributed by atoms with Gasteiger partial charge in [0.1, 0.15) is 11.5 Å². The van der Waals surface area contributed by atoms with Crippen molar-refractivity contribution in [3.8, 4) is 11.3 Å². The monoisotopic (exact) mass is 215 g/mol. The average molecular weight is 215 g/mol. The highest BCUT2D eigenvalue weighted by atomic mass is 16.3. The first kappa shape index (κ1) is 11.0. The average Bonchev–Trinajstić information content (AvgIpc) is 2.78. The Balaban J connectivity index is 2.28. The van der Waals surface area contributed by atoms with E-state index in [0.29, 0.717) is 0 Å². The van der Waals surface area contributed by atoms with Crippen molar-refractivity contribution in [2.45, 2.75) is 19.9 Å². The molecule has 0 bridgehead atoms. The zero-order valence-electron chi connectivity index (χ0n) is 9.95. The second kappa shape index (κ2) is 4.54. The first-order valence-electron chi connectivity index (χ1n) is 5.54. The number of nitrogens with one attached hydrogen (secondary N) is 1. The number of furan rings is 1. The predicted molar refractivity (Wildman–Crippen MR) is 66.4 cm³/mol. The number of benzene rings is 1. The van der Waals surface area contributed by atoms with E-state index in [1.165, 1.54) is 5.56 Å². The maximum Gasteiger partial charge on any atom is 0.134 e. The molecule has 0 radical (unpaired) electrons. The fourth-order valence-electron chi connectivity index (χ4n) is 1.60. The number of rotatable bonds is 3. The van der Waals surface area contributed by atoms with Crippen molar-refractivity contribution in [3.05, 3.63) is 47.7 Å². The van der Waals surface area contributed by atoms with Gasteiger partial charge in [-0.25, -0.2) is 0 Å². The summed E-state index contributed by atoms with van der Waals surface area (Å²) < 4.78 is 5.80. The van der Waals surface area contributed by atoms with Gasteiger partial charge in [0.05, 0.1) is 6.04 Å². The lowest BCUT2D eigenvalue weighted by molar-refractivity contribution is 0.458. The minimum atomic E-state index is 0.249.